The van der Waals surface area contributed by atoms with E-state index in [9.17, 15) is 35.1 Å². The van der Waals surface area contributed by atoms with E-state index in [0.29, 0.717) is 5.56 Å². The Labute approximate surface area is 188 Å². The Morgan fingerprint density at radius 1 is 0.909 bits per heavy atom. The molecule has 5 N–H and O–H groups in total. The summed E-state index contributed by atoms with van der Waals surface area (Å²) in [5.74, 6) is -1.83. The van der Waals surface area contributed by atoms with Crippen LogP contribution in [0.3, 0.4) is 0 Å². The third kappa shape index (κ3) is 6.11. The maximum atomic E-state index is 12.1. The summed E-state index contributed by atoms with van der Waals surface area (Å²) < 4.78 is 21.0. The molecule has 0 saturated carbocycles. The first kappa shape index (κ1) is 24.3. The van der Waals surface area contributed by atoms with Crippen molar-refractivity contribution in [2.45, 2.75) is 44.2 Å². The van der Waals surface area contributed by atoms with Crippen LogP contribution in [0.4, 0.5) is 0 Å². The normalized spacial score (nSPS) is 24.7. The van der Waals surface area contributed by atoms with Crippen LogP contribution in [-0.4, -0.2) is 74.8 Å². The number of aliphatic hydroxyl groups excluding tert-OH is 3. The van der Waals surface area contributed by atoms with Crippen molar-refractivity contribution >= 4 is 11.9 Å². The average molecular weight is 464 g/mol. The van der Waals surface area contributed by atoms with E-state index in [2.05, 4.69) is 0 Å². The van der Waals surface area contributed by atoms with Gasteiger partial charge in [0.1, 0.15) is 43.4 Å². The van der Waals surface area contributed by atoms with Crippen molar-refractivity contribution in [2.24, 2.45) is 0 Å². The number of ether oxygens (including phenoxy) is 4. The lowest BCUT2D eigenvalue weighted by atomic mass is 9.99. The summed E-state index contributed by atoms with van der Waals surface area (Å²) in [4.78, 5) is 23.1. The lowest BCUT2D eigenvalue weighted by molar-refractivity contribution is -0.278. The van der Waals surface area contributed by atoms with Crippen molar-refractivity contribution in [3.05, 3.63) is 53.6 Å². The van der Waals surface area contributed by atoms with Crippen LogP contribution < -0.4 is 4.74 Å². The summed E-state index contributed by atoms with van der Waals surface area (Å²) in [5.41, 5.74) is 0.671. The summed E-state index contributed by atoms with van der Waals surface area (Å²) >= 11 is 0. The zero-order chi connectivity index (χ0) is 24.1. The largest absolute Gasteiger partial charge is 0.504 e. The molecule has 0 unspecified atom stereocenters. The van der Waals surface area contributed by atoms with Crippen LogP contribution in [0.5, 0.6) is 17.2 Å². The second-order valence-corrected chi connectivity index (χ2v) is 7.36. The van der Waals surface area contributed by atoms with E-state index < -0.39 is 48.4 Å². The second kappa shape index (κ2) is 10.5. The Morgan fingerprint density at radius 3 is 2.24 bits per heavy atom. The van der Waals surface area contributed by atoms with Crippen molar-refractivity contribution in [3.63, 3.8) is 0 Å². The fourth-order valence-corrected chi connectivity index (χ4v) is 3.03. The van der Waals surface area contributed by atoms with Gasteiger partial charge in [-0.25, -0.2) is 4.79 Å². The number of hydrogen-bond donors (Lipinski definition) is 5. The van der Waals surface area contributed by atoms with Crippen molar-refractivity contribution in [2.75, 3.05) is 6.61 Å². The highest BCUT2D eigenvalue weighted by Gasteiger charge is 2.45. The van der Waals surface area contributed by atoms with Crippen LogP contribution in [0.2, 0.25) is 0 Å². The van der Waals surface area contributed by atoms with Gasteiger partial charge in [-0.3, -0.25) is 4.79 Å². The average Bonchev–Trinajstić information content (AvgIpc) is 2.79. The van der Waals surface area contributed by atoms with Crippen molar-refractivity contribution in [1.82, 2.24) is 0 Å². The molecule has 1 aliphatic rings. The van der Waals surface area contributed by atoms with Crippen molar-refractivity contribution in [3.8, 4) is 17.2 Å². The summed E-state index contributed by atoms with van der Waals surface area (Å²) in [5, 5.41) is 49.0. The number of aromatic hydroxyl groups is 2. The van der Waals surface area contributed by atoms with Gasteiger partial charge in [0.15, 0.2) is 11.5 Å². The van der Waals surface area contributed by atoms with E-state index in [4.69, 9.17) is 18.9 Å². The molecule has 3 rings (SSSR count). The SMILES string of the molecule is CC(=O)OC[C@H]1O[C@@H](Oc2ccc(COC(=O)c3ccc(O)c(O)c3)cc2)[C@H](O)[C@@H](O)[C@@H]1O. The highest BCUT2D eigenvalue weighted by Crippen LogP contribution is 2.26. The van der Waals surface area contributed by atoms with Gasteiger partial charge in [0.2, 0.25) is 6.29 Å². The molecule has 0 spiro atoms. The van der Waals surface area contributed by atoms with E-state index in [1.165, 1.54) is 31.2 Å². The summed E-state index contributed by atoms with van der Waals surface area (Å²) in [7, 11) is 0. The Balaban J connectivity index is 1.57. The first-order valence-corrected chi connectivity index (χ1v) is 9.93. The number of carbonyl (C=O) groups is 2. The van der Waals surface area contributed by atoms with Crippen LogP contribution in [0.25, 0.3) is 0 Å². The number of carbonyl (C=O) groups excluding carboxylic acids is 2. The Kier molecular flexibility index (Phi) is 7.71. The van der Waals surface area contributed by atoms with Gasteiger partial charge in [0.05, 0.1) is 5.56 Å². The van der Waals surface area contributed by atoms with Crippen molar-refractivity contribution < 1.29 is 54.1 Å². The number of phenolic OH excluding ortho intramolecular Hbond substituents is 2. The number of benzene rings is 2. The molecule has 33 heavy (non-hydrogen) atoms. The van der Waals surface area contributed by atoms with Crippen molar-refractivity contribution in [1.29, 1.82) is 0 Å². The van der Waals surface area contributed by atoms with E-state index in [1.54, 1.807) is 12.1 Å². The topological polar surface area (TPSA) is 172 Å². The van der Waals surface area contributed by atoms with Gasteiger partial charge in [0, 0.05) is 6.92 Å². The maximum absolute atomic E-state index is 12.1. The van der Waals surface area contributed by atoms with Gasteiger partial charge in [0.25, 0.3) is 0 Å². The fraction of sp³-hybridized carbons (Fsp3) is 0.364. The molecule has 178 valence electrons. The van der Waals surface area contributed by atoms with E-state index in [-0.39, 0.29) is 30.3 Å². The fourth-order valence-electron chi connectivity index (χ4n) is 3.03. The monoisotopic (exact) mass is 464 g/mol. The number of rotatable bonds is 7. The Morgan fingerprint density at radius 2 is 1.61 bits per heavy atom. The first-order valence-electron chi connectivity index (χ1n) is 9.93. The lowest BCUT2D eigenvalue weighted by Gasteiger charge is -2.39. The standard InChI is InChI=1S/C22H24O11/c1-11(23)30-10-17-18(26)19(27)20(28)22(33-17)32-14-5-2-12(3-6-14)9-31-21(29)13-4-7-15(24)16(25)8-13/h2-8,17-20,22,24-28H,9-10H2,1H3/t17-,18-,19+,20-,22-/m1/s1. The van der Waals surface area contributed by atoms with E-state index in [1.807, 2.05) is 0 Å². The predicted octanol–water partition coefficient (Wildman–Crippen LogP) is 0.204. The van der Waals surface area contributed by atoms with Gasteiger partial charge < -0.3 is 44.5 Å². The Bertz CT molecular complexity index is 975. The third-order valence-corrected chi connectivity index (χ3v) is 4.88. The molecule has 5 atom stereocenters. The number of hydrogen-bond acceptors (Lipinski definition) is 11. The molecular formula is C22H24O11. The molecule has 11 heteroatoms. The minimum atomic E-state index is -1.58. The van der Waals surface area contributed by atoms with Gasteiger partial charge in [-0.05, 0) is 35.9 Å². The molecule has 0 bridgehead atoms. The summed E-state index contributed by atoms with van der Waals surface area (Å²) in [6.07, 6.45) is -7.06. The quantitative estimate of drug-likeness (QED) is 0.280. The van der Waals surface area contributed by atoms with Crippen LogP contribution in [0, 0.1) is 0 Å². The zero-order valence-corrected chi connectivity index (χ0v) is 17.5. The molecule has 1 heterocycles. The predicted molar refractivity (Wildman–Crippen MR) is 109 cm³/mol. The van der Waals surface area contributed by atoms with Gasteiger partial charge in [-0.2, -0.15) is 0 Å². The van der Waals surface area contributed by atoms with Crippen LogP contribution >= 0.6 is 0 Å². The molecule has 1 fully saturated rings. The third-order valence-electron chi connectivity index (χ3n) is 4.88. The number of phenols is 2. The van der Waals surface area contributed by atoms with Crippen LogP contribution in [0.15, 0.2) is 42.5 Å². The van der Waals surface area contributed by atoms with E-state index in [0.717, 1.165) is 6.07 Å². The molecule has 2 aromatic rings. The lowest BCUT2D eigenvalue weighted by Crippen LogP contribution is -2.60. The Hall–Kier alpha value is -3.38. The highest BCUT2D eigenvalue weighted by atomic mass is 16.7. The minimum Gasteiger partial charge on any atom is -0.504 e. The number of aliphatic hydroxyl groups is 3. The zero-order valence-electron chi connectivity index (χ0n) is 17.5. The van der Waals surface area contributed by atoms with Gasteiger partial charge >= 0.3 is 11.9 Å². The molecule has 0 amide bonds. The second-order valence-electron chi connectivity index (χ2n) is 7.36. The molecule has 1 saturated heterocycles. The maximum Gasteiger partial charge on any atom is 0.338 e. The molecule has 1 aliphatic heterocycles. The molecule has 0 aromatic heterocycles. The first-order chi connectivity index (χ1) is 15.7. The molecule has 2 aromatic carbocycles. The smallest absolute Gasteiger partial charge is 0.338 e. The van der Waals surface area contributed by atoms with Gasteiger partial charge in [-0.1, -0.05) is 12.1 Å². The minimum absolute atomic E-state index is 0.0674. The summed E-state index contributed by atoms with van der Waals surface area (Å²) in [6.45, 7) is 0.768. The molecular weight excluding hydrogens is 440 g/mol. The summed E-state index contributed by atoms with van der Waals surface area (Å²) in [6, 6.07) is 9.79. The van der Waals surface area contributed by atoms with Gasteiger partial charge in [-0.15, -0.1) is 0 Å². The van der Waals surface area contributed by atoms with E-state index >= 15 is 0 Å². The molecule has 0 aliphatic carbocycles. The molecule has 11 nitrogen and oxygen atoms in total. The number of esters is 2. The van der Waals surface area contributed by atoms with Crippen LogP contribution in [0.1, 0.15) is 22.8 Å². The van der Waals surface area contributed by atoms with Crippen LogP contribution in [-0.2, 0) is 25.6 Å². The highest BCUT2D eigenvalue weighted by molar-refractivity contribution is 5.90. The molecule has 0 radical (unpaired) electrons.